The van der Waals surface area contributed by atoms with Crippen molar-refractivity contribution in [1.82, 2.24) is 10.2 Å². The van der Waals surface area contributed by atoms with E-state index >= 15 is 0 Å². The monoisotopic (exact) mass is 576 g/mol. The van der Waals surface area contributed by atoms with Crippen LogP contribution in [0.5, 0.6) is 0 Å². The lowest BCUT2D eigenvalue weighted by atomic mass is 10.0. The number of nitrogens with one attached hydrogen (secondary N) is 1. The summed E-state index contributed by atoms with van der Waals surface area (Å²) in [6.07, 6.45) is 6.86. The summed E-state index contributed by atoms with van der Waals surface area (Å²) in [6, 6.07) is 18.4. The molecule has 0 bridgehead atoms. The molecule has 0 aliphatic heterocycles. The van der Waals surface area contributed by atoms with Crippen molar-refractivity contribution in [1.29, 1.82) is 0 Å². The van der Waals surface area contributed by atoms with Crippen molar-refractivity contribution in [3.63, 3.8) is 0 Å². The highest BCUT2D eigenvalue weighted by Gasteiger charge is 2.32. The van der Waals surface area contributed by atoms with Crippen molar-refractivity contribution in [3.8, 4) is 0 Å². The third-order valence-corrected chi connectivity index (χ3v) is 7.16. The van der Waals surface area contributed by atoms with E-state index in [4.69, 9.17) is 9.47 Å². The molecular weight excluding hydrogens is 528 g/mol. The molecule has 2 aromatic carbocycles. The number of benzene rings is 2. The Morgan fingerprint density at radius 2 is 1.62 bits per heavy atom. The predicted octanol–water partition coefficient (Wildman–Crippen LogP) is 6.04. The molecule has 2 aromatic rings. The highest BCUT2D eigenvalue weighted by molar-refractivity contribution is 5.86. The second-order valence-corrected chi connectivity index (χ2v) is 10.7. The summed E-state index contributed by atoms with van der Waals surface area (Å²) in [5.74, 6) is -0.938. The van der Waals surface area contributed by atoms with Crippen LogP contribution < -0.4 is 5.32 Å². The zero-order valence-electron chi connectivity index (χ0n) is 25.5. The molecule has 0 spiro atoms. The van der Waals surface area contributed by atoms with E-state index in [1.54, 1.807) is 19.2 Å². The standard InChI is InChI=1S/C35H48N2O5/c1-6-16-27(4)34(39)37(5)32(24-28-18-11-9-12-19-28)35(40)42-31(17-7-2)22-15-23-33(38)36-30(8-3)26-41-25-29-20-13-10-14-21-29/h6,8-14,18-21,27,30-32H,1,3,7,15-17,22-26H2,2,4-5H3,(H,36,38)/t27-,30-,31-,32+/m1/s1. The minimum absolute atomic E-state index is 0.103. The van der Waals surface area contributed by atoms with Crippen LogP contribution in [0.1, 0.15) is 63.5 Å². The van der Waals surface area contributed by atoms with Crippen LogP contribution in [0.4, 0.5) is 0 Å². The molecule has 0 fully saturated rings. The van der Waals surface area contributed by atoms with Crippen molar-refractivity contribution in [2.45, 2.75) is 83.6 Å². The Balaban J connectivity index is 1.92. The SMILES string of the molecule is C=CC[C@@H](C)C(=O)N(C)[C@@H](Cc1ccccc1)C(=O)O[C@H](CCC)CCCC(=O)N[C@H](C=C)COCc1ccccc1. The highest BCUT2D eigenvalue weighted by Crippen LogP contribution is 2.18. The largest absolute Gasteiger partial charge is 0.461 e. The van der Waals surface area contributed by atoms with Gasteiger partial charge in [-0.2, -0.15) is 0 Å². The number of hydrogen-bond acceptors (Lipinski definition) is 5. The first-order valence-electron chi connectivity index (χ1n) is 14.9. The lowest BCUT2D eigenvalue weighted by molar-refractivity contribution is -0.160. The van der Waals surface area contributed by atoms with Gasteiger partial charge >= 0.3 is 5.97 Å². The number of allylic oxidation sites excluding steroid dienone is 1. The van der Waals surface area contributed by atoms with Crippen LogP contribution in [-0.4, -0.2) is 54.5 Å². The van der Waals surface area contributed by atoms with E-state index in [1.807, 2.05) is 74.5 Å². The van der Waals surface area contributed by atoms with Crippen molar-refractivity contribution < 1.29 is 23.9 Å². The molecule has 7 nitrogen and oxygen atoms in total. The molecule has 0 aliphatic rings. The van der Waals surface area contributed by atoms with Crippen LogP contribution in [0.15, 0.2) is 86.0 Å². The number of carbonyl (C=O) groups is 3. The Hall–Kier alpha value is -3.71. The van der Waals surface area contributed by atoms with E-state index in [0.29, 0.717) is 51.7 Å². The Labute approximate surface area is 252 Å². The molecule has 0 radical (unpaired) electrons. The number of carbonyl (C=O) groups excluding carboxylic acids is 3. The van der Waals surface area contributed by atoms with E-state index in [0.717, 1.165) is 17.5 Å². The highest BCUT2D eigenvalue weighted by atomic mass is 16.5. The molecule has 0 saturated heterocycles. The zero-order chi connectivity index (χ0) is 30.7. The molecule has 2 amide bonds. The summed E-state index contributed by atoms with van der Waals surface area (Å²) < 4.78 is 11.7. The van der Waals surface area contributed by atoms with Crippen LogP contribution in [-0.2, 0) is 36.9 Å². The summed E-state index contributed by atoms with van der Waals surface area (Å²) in [6.45, 7) is 12.2. The van der Waals surface area contributed by atoms with Gasteiger partial charge in [0.25, 0.3) is 0 Å². The van der Waals surface area contributed by atoms with Crippen molar-refractivity contribution in [2.24, 2.45) is 5.92 Å². The Bertz CT molecular complexity index is 1100. The topological polar surface area (TPSA) is 84.9 Å². The molecule has 0 aromatic heterocycles. The van der Waals surface area contributed by atoms with Crippen LogP contribution in [0.3, 0.4) is 0 Å². The second kappa shape index (κ2) is 19.4. The van der Waals surface area contributed by atoms with Crippen LogP contribution in [0, 0.1) is 5.92 Å². The molecule has 0 saturated carbocycles. The Morgan fingerprint density at radius 1 is 0.976 bits per heavy atom. The van der Waals surface area contributed by atoms with E-state index in [9.17, 15) is 14.4 Å². The maximum absolute atomic E-state index is 13.5. The first-order chi connectivity index (χ1) is 20.3. The maximum Gasteiger partial charge on any atom is 0.329 e. The fraction of sp³-hybridized carbons (Fsp3) is 0.457. The third-order valence-electron chi connectivity index (χ3n) is 7.16. The fourth-order valence-electron chi connectivity index (χ4n) is 4.71. The van der Waals surface area contributed by atoms with Gasteiger partial charge in [-0.05, 0) is 36.8 Å². The number of ether oxygens (including phenoxy) is 2. The minimum Gasteiger partial charge on any atom is -0.461 e. The molecule has 1 N–H and O–H groups in total. The molecule has 2 rings (SSSR count). The Morgan fingerprint density at radius 3 is 2.21 bits per heavy atom. The molecule has 0 aliphatic carbocycles. The van der Waals surface area contributed by atoms with Gasteiger partial charge in [0.1, 0.15) is 12.1 Å². The van der Waals surface area contributed by atoms with E-state index in [2.05, 4.69) is 18.5 Å². The third kappa shape index (κ3) is 12.4. The number of likely N-dealkylation sites (N-methyl/N-ethyl adjacent to an activating group) is 1. The number of nitrogens with zero attached hydrogens (tertiary/aromatic N) is 1. The number of hydrogen-bond donors (Lipinski definition) is 1. The first-order valence-corrected chi connectivity index (χ1v) is 14.9. The summed E-state index contributed by atoms with van der Waals surface area (Å²) >= 11 is 0. The van der Waals surface area contributed by atoms with Gasteiger partial charge in [0.05, 0.1) is 19.3 Å². The molecule has 0 heterocycles. The van der Waals surface area contributed by atoms with Crippen LogP contribution in [0.2, 0.25) is 0 Å². The molecule has 4 atom stereocenters. The van der Waals surface area contributed by atoms with E-state index < -0.39 is 12.0 Å². The van der Waals surface area contributed by atoms with Gasteiger partial charge in [-0.1, -0.05) is 93.1 Å². The summed E-state index contributed by atoms with van der Waals surface area (Å²) in [5.41, 5.74) is 2.01. The van der Waals surface area contributed by atoms with Gasteiger partial charge in [-0.15, -0.1) is 13.2 Å². The predicted molar refractivity (Wildman–Crippen MR) is 168 cm³/mol. The molecular formula is C35H48N2O5. The lowest BCUT2D eigenvalue weighted by Gasteiger charge is -2.30. The first kappa shape index (κ1) is 34.5. The summed E-state index contributed by atoms with van der Waals surface area (Å²) in [4.78, 5) is 40.7. The zero-order valence-corrected chi connectivity index (χ0v) is 25.5. The fourth-order valence-corrected chi connectivity index (χ4v) is 4.71. The van der Waals surface area contributed by atoms with Gasteiger partial charge in [-0.25, -0.2) is 4.79 Å². The quantitative estimate of drug-likeness (QED) is 0.154. The van der Waals surface area contributed by atoms with Gasteiger partial charge < -0.3 is 19.7 Å². The van der Waals surface area contributed by atoms with Crippen LogP contribution >= 0.6 is 0 Å². The molecule has 228 valence electrons. The summed E-state index contributed by atoms with van der Waals surface area (Å²) in [7, 11) is 1.66. The smallest absolute Gasteiger partial charge is 0.329 e. The average Bonchev–Trinajstić information content (AvgIpc) is 2.99. The number of esters is 1. The van der Waals surface area contributed by atoms with Gasteiger partial charge in [0.15, 0.2) is 0 Å². The number of amides is 2. The van der Waals surface area contributed by atoms with Gasteiger partial charge in [0.2, 0.25) is 11.8 Å². The maximum atomic E-state index is 13.5. The van der Waals surface area contributed by atoms with Gasteiger partial charge in [-0.3, -0.25) is 9.59 Å². The second-order valence-electron chi connectivity index (χ2n) is 10.7. The molecule has 42 heavy (non-hydrogen) atoms. The van der Waals surface area contributed by atoms with Crippen molar-refractivity contribution in [3.05, 3.63) is 97.1 Å². The van der Waals surface area contributed by atoms with E-state index in [-0.39, 0.29) is 29.9 Å². The van der Waals surface area contributed by atoms with Crippen molar-refractivity contribution >= 4 is 17.8 Å². The Kier molecular flexibility index (Phi) is 15.9. The van der Waals surface area contributed by atoms with Crippen molar-refractivity contribution in [2.75, 3.05) is 13.7 Å². The minimum atomic E-state index is -0.751. The van der Waals surface area contributed by atoms with E-state index in [1.165, 1.54) is 4.90 Å². The molecule has 7 heteroatoms. The average molecular weight is 577 g/mol. The lowest BCUT2D eigenvalue weighted by Crippen LogP contribution is -2.47. The normalized spacial score (nSPS) is 13.7. The number of rotatable bonds is 20. The van der Waals surface area contributed by atoms with Crippen LogP contribution in [0.25, 0.3) is 0 Å². The van der Waals surface area contributed by atoms with Gasteiger partial charge in [0, 0.05) is 25.8 Å². The molecule has 0 unspecified atom stereocenters. The summed E-state index contributed by atoms with van der Waals surface area (Å²) in [5, 5.41) is 2.95.